The molecular weight excluding hydrogens is 270 g/mol. The van der Waals surface area contributed by atoms with E-state index in [1.54, 1.807) is 12.0 Å². The van der Waals surface area contributed by atoms with Crippen molar-refractivity contribution < 1.29 is 14.3 Å². The number of nitrogens with zero attached hydrogens (tertiary/aromatic N) is 2. The van der Waals surface area contributed by atoms with E-state index in [9.17, 15) is 9.59 Å². The van der Waals surface area contributed by atoms with Gasteiger partial charge in [-0.05, 0) is 18.8 Å². The highest BCUT2D eigenvalue weighted by Crippen LogP contribution is 2.17. The third-order valence-electron chi connectivity index (χ3n) is 4.46. The smallest absolute Gasteiger partial charge is 0.240 e. The lowest BCUT2D eigenvalue weighted by Crippen LogP contribution is -2.57. The van der Waals surface area contributed by atoms with Crippen molar-refractivity contribution >= 4 is 11.8 Å². The molecule has 2 aliphatic rings. The van der Waals surface area contributed by atoms with Gasteiger partial charge in [0.1, 0.15) is 0 Å². The zero-order valence-electron chi connectivity index (χ0n) is 13.1. The van der Waals surface area contributed by atoms with Crippen molar-refractivity contribution in [3.8, 4) is 0 Å². The zero-order valence-corrected chi connectivity index (χ0v) is 13.1. The molecule has 0 spiro atoms. The van der Waals surface area contributed by atoms with E-state index in [1.165, 1.54) is 0 Å². The Hall–Kier alpha value is -1.14. The molecule has 2 heterocycles. The van der Waals surface area contributed by atoms with Crippen LogP contribution in [0, 0.1) is 5.92 Å². The van der Waals surface area contributed by atoms with Crippen LogP contribution in [-0.2, 0) is 14.3 Å². The van der Waals surface area contributed by atoms with E-state index < -0.39 is 0 Å². The Kier molecular flexibility index (Phi) is 5.99. The minimum atomic E-state index is -0.373. The first-order valence-electron chi connectivity index (χ1n) is 7.90. The van der Waals surface area contributed by atoms with Crippen molar-refractivity contribution in [2.24, 2.45) is 5.92 Å². The van der Waals surface area contributed by atoms with Gasteiger partial charge in [-0.2, -0.15) is 0 Å². The quantitative estimate of drug-likeness (QED) is 0.781. The van der Waals surface area contributed by atoms with Crippen LogP contribution in [0.2, 0.25) is 0 Å². The zero-order chi connectivity index (χ0) is 15.2. The fourth-order valence-electron chi connectivity index (χ4n) is 2.94. The van der Waals surface area contributed by atoms with Gasteiger partial charge in [-0.25, -0.2) is 0 Å². The molecule has 1 unspecified atom stereocenters. The van der Waals surface area contributed by atoms with Gasteiger partial charge in [0, 0.05) is 39.8 Å². The molecule has 2 aliphatic heterocycles. The molecule has 1 N–H and O–H groups in total. The molecule has 21 heavy (non-hydrogen) atoms. The van der Waals surface area contributed by atoms with Crippen LogP contribution in [0.25, 0.3) is 0 Å². The lowest BCUT2D eigenvalue weighted by molar-refractivity contribution is -0.142. The van der Waals surface area contributed by atoms with E-state index in [1.807, 2.05) is 4.90 Å². The van der Waals surface area contributed by atoms with E-state index >= 15 is 0 Å². The summed E-state index contributed by atoms with van der Waals surface area (Å²) in [7, 11) is 1.63. The molecule has 6 heteroatoms. The number of piperazine rings is 1. The Morgan fingerprint density at radius 2 is 2.05 bits per heavy atom. The first-order chi connectivity index (χ1) is 10.1. The standard InChI is InChI=1S/C15H27N3O3/c1-12-3-6-17(7-4-12)14(19)11-13-15(20)18(8-5-16-13)9-10-21-2/h12-13,16H,3-11H2,1-2H3. The number of nitrogens with one attached hydrogen (secondary N) is 1. The van der Waals surface area contributed by atoms with Gasteiger partial charge < -0.3 is 19.9 Å². The topological polar surface area (TPSA) is 61.9 Å². The van der Waals surface area contributed by atoms with Crippen LogP contribution in [0.3, 0.4) is 0 Å². The van der Waals surface area contributed by atoms with Crippen LogP contribution in [0.1, 0.15) is 26.2 Å². The Morgan fingerprint density at radius 3 is 2.71 bits per heavy atom. The number of hydrogen-bond acceptors (Lipinski definition) is 4. The molecule has 2 rings (SSSR count). The van der Waals surface area contributed by atoms with Gasteiger partial charge in [-0.1, -0.05) is 6.92 Å². The molecule has 2 fully saturated rings. The Labute approximate surface area is 126 Å². The molecule has 0 aromatic carbocycles. The van der Waals surface area contributed by atoms with Gasteiger partial charge in [-0.3, -0.25) is 9.59 Å². The van der Waals surface area contributed by atoms with Gasteiger partial charge in [0.15, 0.2) is 0 Å². The number of methoxy groups -OCH3 is 1. The van der Waals surface area contributed by atoms with E-state index in [4.69, 9.17) is 4.74 Å². The van der Waals surface area contributed by atoms with Crippen molar-refractivity contribution in [1.82, 2.24) is 15.1 Å². The first kappa shape index (κ1) is 16.2. The summed E-state index contributed by atoms with van der Waals surface area (Å²) in [4.78, 5) is 28.4. The highest BCUT2D eigenvalue weighted by atomic mass is 16.5. The minimum absolute atomic E-state index is 0.0250. The summed E-state index contributed by atoms with van der Waals surface area (Å²) < 4.78 is 5.02. The second-order valence-electron chi connectivity index (χ2n) is 6.09. The van der Waals surface area contributed by atoms with E-state index in [0.29, 0.717) is 25.6 Å². The van der Waals surface area contributed by atoms with Gasteiger partial charge in [0.05, 0.1) is 19.1 Å². The average Bonchev–Trinajstić information content (AvgIpc) is 2.49. The first-order valence-corrected chi connectivity index (χ1v) is 7.90. The number of carbonyl (C=O) groups excluding carboxylic acids is 2. The SMILES string of the molecule is COCCN1CCNC(CC(=O)N2CCC(C)CC2)C1=O. The number of piperidine rings is 1. The molecule has 0 aromatic rings. The van der Waals surface area contributed by atoms with Crippen LogP contribution in [0.4, 0.5) is 0 Å². The molecule has 0 bridgehead atoms. The third-order valence-corrected chi connectivity index (χ3v) is 4.46. The highest BCUT2D eigenvalue weighted by Gasteiger charge is 2.31. The fraction of sp³-hybridized carbons (Fsp3) is 0.867. The molecule has 0 saturated carbocycles. The summed E-state index contributed by atoms with van der Waals surface area (Å²) in [6.45, 7) is 6.45. The summed E-state index contributed by atoms with van der Waals surface area (Å²) in [6, 6.07) is -0.373. The molecule has 2 saturated heterocycles. The van der Waals surface area contributed by atoms with Crippen molar-refractivity contribution in [3.63, 3.8) is 0 Å². The van der Waals surface area contributed by atoms with Gasteiger partial charge in [-0.15, -0.1) is 0 Å². The summed E-state index contributed by atoms with van der Waals surface area (Å²) in [6.07, 6.45) is 2.41. The van der Waals surface area contributed by atoms with Crippen molar-refractivity contribution in [3.05, 3.63) is 0 Å². The number of ether oxygens (including phenoxy) is 1. The van der Waals surface area contributed by atoms with Crippen LogP contribution < -0.4 is 5.32 Å². The normalized spacial score (nSPS) is 24.5. The van der Waals surface area contributed by atoms with Gasteiger partial charge in [0.2, 0.25) is 11.8 Å². The van der Waals surface area contributed by atoms with Gasteiger partial charge >= 0.3 is 0 Å². The molecule has 0 aliphatic carbocycles. The van der Waals surface area contributed by atoms with Crippen molar-refractivity contribution in [1.29, 1.82) is 0 Å². The predicted octanol–water partition coefficient (Wildman–Crippen LogP) is 0.0818. The van der Waals surface area contributed by atoms with Crippen LogP contribution in [0.15, 0.2) is 0 Å². The predicted molar refractivity (Wildman–Crippen MR) is 79.8 cm³/mol. The van der Waals surface area contributed by atoms with E-state index in [-0.39, 0.29) is 24.3 Å². The molecule has 1 atom stereocenters. The second-order valence-corrected chi connectivity index (χ2v) is 6.09. The summed E-state index contributed by atoms with van der Waals surface area (Å²) in [5.41, 5.74) is 0. The number of rotatable bonds is 5. The van der Waals surface area contributed by atoms with Crippen LogP contribution in [-0.4, -0.2) is 74.1 Å². The van der Waals surface area contributed by atoms with Crippen molar-refractivity contribution in [2.45, 2.75) is 32.2 Å². The van der Waals surface area contributed by atoms with Crippen molar-refractivity contribution in [2.75, 3.05) is 46.4 Å². The lowest BCUT2D eigenvalue weighted by Gasteiger charge is -2.35. The third kappa shape index (κ3) is 4.41. The lowest BCUT2D eigenvalue weighted by atomic mass is 9.98. The van der Waals surface area contributed by atoms with Crippen LogP contribution in [0.5, 0.6) is 0 Å². The maximum absolute atomic E-state index is 12.3. The Bertz CT molecular complexity index is 367. The molecule has 0 radical (unpaired) electrons. The van der Waals surface area contributed by atoms with Gasteiger partial charge in [0.25, 0.3) is 0 Å². The summed E-state index contributed by atoms with van der Waals surface area (Å²) >= 11 is 0. The largest absolute Gasteiger partial charge is 0.383 e. The second kappa shape index (κ2) is 7.75. The number of hydrogen-bond donors (Lipinski definition) is 1. The monoisotopic (exact) mass is 297 g/mol. The molecule has 6 nitrogen and oxygen atoms in total. The average molecular weight is 297 g/mol. The Morgan fingerprint density at radius 1 is 1.33 bits per heavy atom. The molecule has 2 amide bonds. The number of carbonyl (C=O) groups is 2. The summed E-state index contributed by atoms with van der Waals surface area (Å²) in [5, 5.41) is 3.17. The Balaban J connectivity index is 1.83. The molecular formula is C15H27N3O3. The van der Waals surface area contributed by atoms with E-state index in [2.05, 4.69) is 12.2 Å². The molecule has 120 valence electrons. The number of amides is 2. The minimum Gasteiger partial charge on any atom is -0.383 e. The maximum Gasteiger partial charge on any atom is 0.240 e. The van der Waals surface area contributed by atoms with Crippen LogP contribution >= 0.6 is 0 Å². The molecule has 0 aromatic heterocycles. The van der Waals surface area contributed by atoms with E-state index in [0.717, 1.165) is 32.5 Å². The highest BCUT2D eigenvalue weighted by molar-refractivity contribution is 5.89. The summed E-state index contributed by atoms with van der Waals surface area (Å²) in [5.74, 6) is 0.825. The maximum atomic E-state index is 12.3. The number of likely N-dealkylation sites (tertiary alicyclic amines) is 1. The fourth-order valence-corrected chi connectivity index (χ4v) is 2.94.